The molecule has 0 aliphatic heterocycles. The van der Waals surface area contributed by atoms with E-state index in [1.54, 1.807) is 11.8 Å². The van der Waals surface area contributed by atoms with E-state index in [1.807, 2.05) is 12.1 Å². The summed E-state index contributed by atoms with van der Waals surface area (Å²) in [5.41, 5.74) is 1.32. The Labute approximate surface area is 153 Å². The second-order valence-corrected chi connectivity index (χ2v) is 9.30. The van der Waals surface area contributed by atoms with Gasteiger partial charge in [-0.2, -0.15) is 0 Å². The number of ether oxygens (including phenoxy) is 1. The number of aromatic amines is 1. The molecule has 0 saturated carbocycles. The maximum absolute atomic E-state index is 11.0. The summed E-state index contributed by atoms with van der Waals surface area (Å²) in [5, 5.41) is 6.11. The highest BCUT2D eigenvalue weighted by atomic mass is 32.2. The third-order valence-electron chi connectivity index (χ3n) is 3.92. The first-order valence-electron chi connectivity index (χ1n) is 8.45. The Balaban J connectivity index is 2.04. The molecule has 0 amide bonds. The first-order valence-corrected chi connectivity index (χ1v) is 9.60. The van der Waals surface area contributed by atoms with E-state index in [2.05, 4.69) is 63.9 Å². The molecule has 0 spiro atoms. The Hall–Kier alpha value is -1.69. The molecule has 2 aromatic rings. The number of nitrogens with one attached hydrogen (secondary N) is 1. The molecule has 2 rings (SSSR count). The van der Waals surface area contributed by atoms with Crippen LogP contribution in [-0.2, 0) is 11.2 Å². The van der Waals surface area contributed by atoms with Gasteiger partial charge >= 0.3 is 5.76 Å². The number of benzene rings is 1. The van der Waals surface area contributed by atoms with Crippen LogP contribution >= 0.6 is 11.8 Å². The maximum Gasteiger partial charge on any atom is 0.434 e. The Morgan fingerprint density at radius 2 is 1.96 bits per heavy atom. The molecule has 0 aliphatic rings. The van der Waals surface area contributed by atoms with E-state index in [0.717, 1.165) is 11.5 Å². The lowest BCUT2D eigenvalue weighted by Gasteiger charge is -2.31. The lowest BCUT2D eigenvalue weighted by atomic mass is 9.87. The molecule has 1 unspecified atom stereocenters. The Morgan fingerprint density at radius 3 is 2.52 bits per heavy atom. The average Bonchev–Trinajstić information content (AvgIpc) is 2.90. The van der Waals surface area contributed by atoms with E-state index in [1.165, 1.54) is 5.56 Å². The molecule has 6 heteroatoms. The summed E-state index contributed by atoms with van der Waals surface area (Å²) >= 11 is 1.64. The van der Waals surface area contributed by atoms with Crippen molar-refractivity contribution in [3.8, 4) is 5.75 Å². The molecule has 0 bridgehead atoms. The summed E-state index contributed by atoms with van der Waals surface area (Å²) in [5.74, 6) is 2.10. The highest BCUT2D eigenvalue weighted by Gasteiger charge is 2.27. The maximum atomic E-state index is 11.0. The predicted octanol–water partition coefficient (Wildman–Crippen LogP) is 4.39. The van der Waals surface area contributed by atoms with E-state index in [4.69, 9.17) is 9.15 Å². The van der Waals surface area contributed by atoms with Crippen LogP contribution in [0.2, 0.25) is 0 Å². The minimum absolute atomic E-state index is 0.0167. The van der Waals surface area contributed by atoms with Crippen molar-refractivity contribution in [3.63, 3.8) is 0 Å². The highest BCUT2D eigenvalue weighted by Crippen LogP contribution is 2.31. The molecule has 1 aromatic carbocycles. The van der Waals surface area contributed by atoms with Gasteiger partial charge in [-0.25, -0.2) is 9.89 Å². The second kappa shape index (κ2) is 7.68. The fourth-order valence-electron chi connectivity index (χ4n) is 2.24. The van der Waals surface area contributed by atoms with Crippen molar-refractivity contribution in [2.45, 2.75) is 58.8 Å². The van der Waals surface area contributed by atoms with Gasteiger partial charge in [0.1, 0.15) is 11.9 Å². The zero-order valence-electron chi connectivity index (χ0n) is 15.9. The highest BCUT2D eigenvalue weighted by molar-refractivity contribution is 7.98. The van der Waals surface area contributed by atoms with Crippen LogP contribution in [0.4, 0.5) is 0 Å². The van der Waals surface area contributed by atoms with Gasteiger partial charge < -0.3 is 9.15 Å². The fraction of sp³-hybridized carbons (Fsp3) is 0.579. The fourth-order valence-corrected chi connectivity index (χ4v) is 3.43. The molecule has 0 saturated heterocycles. The van der Waals surface area contributed by atoms with Gasteiger partial charge in [0.05, 0.1) is 5.75 Å². The lowest BCUT2D eigenvalue weighted by molar-refractivity contribution is 0.107. The smallest absolute Gasteiger partial charge is 0.434 e. The molecule has 1 atom stereocenters. The van der Waals surface area contributed by atoms with Gasteiger partial charge in [0.15, 0.2) is 0 Å². The van der Waals surface area contributed by atoms with Crippen LogP contribution in [-0.4, -0.2) is 22.1 Å². The van der Waals surface area contributed by atoms with Crippen LogP contribution in [0.3, 0.4) is 0 Å². The molecule has 0 radical (unpaired) electrons. The molecule has 0 aliphatic carbocycles. The molecule has 1 aromatic heterocycles. The zero-order chi connectivity index (χ0) is 18.7. The molecule has 1 N–H and O–H groups in total. The Morgan fingerprint density at radius 1 is 1.24 bits per heavy atom. The van der Waals surface area contributed by atoms with E-state index in [9.17, 15) is 4.79 Å². The van der Waals surface area contributed by atoms with Crippen LogP contribution < -0.4 is 10.5 Å². The van der Waals surface area contributed by atoms with Gasteiger partial charge in [0.25, 0.3) is 0 Å². The third kappa shape index (κ3) is 5.96. The van der Waals surface area contributed by atoms with Crippen molar-refractivity contribution in [2.24, 2.45) is 5.41 Å². The van der Waals surface area contributed by atoms with Gasteiger partial charge in [-0.05, 0) is 28.5 Å². The zero-order valence-corrected chi connectivity index (χ0v) is 16.7. The number of rotatable bonds is 6. The van der Waals surface area contributed by atoms with Crippen molar-refractivity contribution in [3.05, 3.63) is 46.3 Å². The number of hydrogen-bond donors (Lipinski definition) is 1. The van der Waals surface area contributed by atoms with Crippen LogP contribution in [0.25, 0.3) is 0 Å². The van der Waals surface area contributed by atoms with Crippen molar-refractivity contribution < 1.29 is 9.15 Å². The first kappa shape index (κ1) is 19.6. The molecule has 25 heavy (non-hydrogen) atoms. The van der Waals surface area contributed by atoms with Crippen molar-refractivity contribution in [1.82, 2.24) is 10.2 Å². The molecular weight excluding hydrogens is 336 g/mol. The summed E-state index contributed by atoms with van der Waals surface area (Å²) < 4.78 is 11.3. The Bertz CT molecular complexity index is 738. The lowest BCUT2D eigenvalue weighted by Crippen LogP contribution is -2.34. The largest absolute Gasteiger partial charge is 0.489 e. The van der Waals surface area contributed by atoms with Crippen molar-refractivity contribution >= 4 is 11.8 Å². The quantitative estimate of drug-likeness (QED) is 0.823. The first-order chi connectivity index (χ1) is 11.6. The molecule has 138 valence electrons. The number of hydrogen-bond acceptors (Lipinski definition) is 5. The summed E-state index contributed by atoms with van der Waals surface area (Å²) in [6.45, 7) is 13.1. The monoisotopic (exact) mass is 364 g/mol. The van der Waals surface area contributed by atoms with Crippen molar-refractivity contribution in [2.75, 3.05) is 5.75 Å². The number of aromatic nitrogens is 2. The topological polar surface area (TPSA) is 68.1 Å². The summed E-state index contributed by atoms with van der Waals surface area (Å²) in [6, 6.07) is 8.30. The molecule has 1 heterocycles. The van der Waals surface area contributed by atoms with Gasteiger partial charge in [-0.1, -0.05) is 53.7 Å². The van der Waals surface area contributed by atoms with E-state index < -0.39 is 5.76 Å². The number of H-pyrrole nitrogens is 1. The van der Waals surface area contributed by atoms with Gasteiger partial charge in [-0.3, -0.25) is 0 Å². The molecule has 0 fully saturated rings. The van der Waals surface area contributed by atoms with Crippen molar-refractivity contribution in [1.29, 1.82) is 0 Å². The average molecular weight is 365 g/mol. The van der Waals surface area contributed by atoms with Crippen LogP contribution in [0.15, 0.2) is 33.5 Å². The molecule has 5 nitrogen and oxygen atoms in total. The minimum Gasteiger partial charge on any atom is -0.489 e. The minimum atomic E-state index is -0.516. The number of thioether (sulfide) groups is 1. The third-order valence-corrected chi connectivity index (χ3v) is 4.91. The predicted molar refractivity (Wildman–Crippen MR) is 102 cm³/mol. The number of nitrogens with zero attached hydrogens (tertiary/aromatic N) is 1. The van der Waals surface area contributed by atoms with Gasteiger partial charge in [0, 0.05) is 5.75 Å². The van der Waals surface area contributed by atoms with E-state index >= 15 is 0 Å². The van der Waals surface area contributed by atoms with Gasteiger partial charge in [-0.15, -0.1) is 16.9 Å². The summed E-state index contributed by atoms with van der Waals surface area (Å²) in [4.78, 5) is 11.0. The van der Waals surface area contributed by atoms with E-state index in [0.29, 0.717) is 11.6 Å². The van der Waals surface area contributed by atoms with Crippen LogP contribution in [0.5, 0.6) is 5.75 Å². The van der Waals surface area contributed by atoms with E-state index in [-0.39, 0.29) is 16.9 Å². The Kier molecular flexibility index (Phi) is 6.03. The SMILES string of the molecule is CC(C)(C)c1cccc(OC(CSCc2n[nH]c(=O)o2)C(C)(C)C)c1. The summed E-state index contributed by atoms with van der Waals surface area (Å²) in [7, 11) is 0. The van der Waals surface area contributed by atoms with Gasteiger partial charge in [0.2, 0.25) is 5.89 Å². The van der Waals surface area contributed by atoms with Crippen LogP contribution in [0.1, 0.15) is 53.0 Å². The summed E-state index contributed by atoms with van der Waals surface area (Å²) in [6.07, 6.45) is 0.0263. The second-order valence-electron chi connectivity index (χ2n) is 8.27. The van der Waals surface area contributed by atoms with Crippen LogP contribution in [0, 0.1) is 5.41 Å². The molecular formula is C19H28N2O3S. The normalized spacial score (nSPS) is 13.7. The standard InChI is InChI=1S/C19H28N2O3S/c1-18(2,3)13-8-7-9-14(10-13)23-15(19(4,5)6)11-25-12-16-20-21-17(22)24-16/h7-10,15H,11-12H2,1-6H3,(H,21,22).